The molecule has 0 atom stereocenters. The van der Waals surface area contributed by atoms with Crippen LogP contribution in [0, 0.1) is 11.6 Å². The van der Waals surface area contributed by atoms with Crippen LogP contribution in [0.15, 0.2) is 42.9 Å². The third kappa shape index (κ3) is 2.57. The zero-order chi connectivity index (χ0) is 17.6. The van der Waals surface area contributed by atoms with E-state index in [1.165, 1.54) is 12.4 Å². The fourth-order valence-electron chi connectivity index (χ4n) is 2.83. The lowest BCUT2D eigenvalue weighted by atomic mass is 10.1. The van der Waals surface area contributed by atoms with Crippen LogP contribution >= 0.6 is 0 Å². The third-order valence-electron chi connectivity index (χ3n) is 4.07. The number of benzene rings is 1. The zero-order valence-corrected chi connectivity index (χ0v) is 13.7. The van der Waals surface area contributed by atoms with Crippen molar-refractivity contribution in [3.8, 4) is 22.5 Å². The Morgan fingerprint density at radius 2 is 1.80 bits per heavy atom. The maximum atomic E-state index is 13.6. The molecule has 3 heterocycles. The predicted molar refractivity (Wildman–Crippen MR) is 90.0 cm³/mol. The van der Waals surface area contributed by atoms with Crippen LogP contribution in [0.4, 0.5) is 8.78 Å². The third-order valence-corrected chi connectivity index (χ3v) is 4.07. The molecular formula is C18H15F2N5. The summed E-state index contributed by atoms with van der Waals surface area (Å²) in [6.45, 7) is 4.09. The van der Waals surface area contributed by atoms with Crippen molar-refractivity contribution in [3.05, 3.63) is 60.3 Å². The number of aromatic nitrogens is 5. The quantitative estimate of drug-likeness (QED) is 0.609. The highest BCUT2D eigenvalue weighted by Gasteiger charge is 2.15. The van der Waals surface area contributed by atoms with Crippen molar-refractivity contribution in [1.29, 1.82) is 0 Å². The Balaban J connectivity index is 1.86. The molecule has 0 amide bonds. The van der Waals surface area contributed by atoms with Crippen molar-refractivity contribution >= 4 is 5.65 Å². The number of imidazole rings is 1. The molecule has 1 aromatic carbocycles. The largest absolute Gasteiger partial charge is 0.344 e. The number of pyridine rings is 1. The van der Waals surface area contributed by atoms with Gasteiger partial charge in [-0.3, -0.25) is 4.40 Å². The lowest BCUT2D eigenvalue weighted by Crippen LogP contribution is -1.97. The van der Waals surface area contributed by atoms with Gasteiger partial charge >= 0.3 is 0 Å². The Bertz CT molecular complexity index is 1060. The number of nitrogens with zero attached hydrogens (tertiary/aromatic N) is 4. The molecule has 0 aliphatic heterocycles. The second-order valence-electron chi connectivity index (χ2n) is 6.11. The van der Waals surface area contributed by atoms with E-state index in [9.17, 15) is 8.78 Å². The zero-order valence-electron chi connectivity index (χ0n) is 13.7. The molecule has 0 aliphatic rings. The minimum Gasteiger partial charge on any atom is -0.344 e. The second kappa shape index (κ2) is 5.77. The molecule has 0 fully saturated rings. The topological polar surface area (TPSA) is 58.9 Å². The molecular weight excluding hydrogens is 324 g/mol. The summed E-state index contributed by atoms with van der Waals surface area (Å²) in [6.07, 6.45) is 3.44. The molecule has 0 unspecified atom stereocenters. The number of hydrogen-bond donors (Lipinski definition) is 1. The highest BCUT2D eigenvalue weighted by atomic mass is 19.2. The van der Waals surface area contributed by atoms with Gasteiger partial charge in [0.15, 0.2) is 17.3 Å². The van der Waals surface area contributed by atoms with Crippen molar-refractivity contribution in [1.82, 2.24) is 24.6 Å². The van der Waals surface area contributed by atoms with E-state index in [0.717, 1.165) is 29.2 Å². The average Bonchev–Trinajstić information content (AvgIpc) is 3.23. The molecule has 4 aromatic rings. The highest BCUT2D eigenvalue weighted by molar-refractivity contribution is 5.78. The molecule has 0 aliphatic carbocycles. The number of rotatable bonds is 3. The summed E-state index contributed by atoms with van der Waals surface area (Å²) in [6, 6.07) is 7.52. The van der Waals surface area contributed by atoms with Gasteiger partial charge in [-0.1, -0.05) is 13.8 Å². The minimum atomic E-state index is -0.894. The predicted octanol–water partition coefficient (Wildman–Crippen LogP) is 4.19. The van der Waals surface area contributed by atoms with E-state index >= 15 is 0 Å². The van der Waals surface area contributed by atoms with Crippen molar-refractivity contribution in [2.75, 3.05) is 0 Å². The van der Waals surface area contributed by atoms with Gasteiger partial charge in [0.2, 0.25) is 0 Å². The highest BCUT2D eigenvalue weighted by Crippen LogP contribution is 2.30. The molecule has 0 bridgehead atoms. The van der Waals surface area contributed by atoms with Gasteiger partial charge in [0.05, 0.1) is 17.7 Å². The molecule has 0 spiro atoms. The number of H-pyrrole nitrogens is 1. The van der Waals surface area contributed by atoms with E-state index < -0.39 is 11.6 Å². The second-order valence-corrected chi connectivity index (χ2v) is 6.11. The first-order chi connectivity index (χ1) is 12.0. The molecule has 3 aromatic heterocycles. The number of hydrogen-bond acceptors (Lipinski definition) is 3. The molecule has 0 saturated carbocycles. The summed E-state index contributed by atoms with van der Waals surface area (Å²) in [7, 11) is 0. The average molecular weight is 339 g/mol. The lowest BCUT2D eigenvalue weighted by molar-refractivity contribution is 0.509. The first kappa shape index (κ1) is 15.4. The van der Waals surface area contributed by atoms with E-state index in [4.69, 9.17) is 0 Å². The Hall–Kier alpha value is -3.09. The lowest BCUT2D eigenvalue weighted by Gasteiger charge is -2.07. The standard InChI is InChI=1S/C18H15F2N5/c1-10(2)18-24-23-15-6-4-12(8-25(15)18)17-16(21-9-22-17)11-3-5-13(19)14(20)7-11/h3-10H,1-2H3,(H,21,22). The van der Waals surface area contributed by atoms with Crippen LogP contribution < -0.4 is 0 Å². The Morgan fingerprint density at radius 1 is 1.00 bits per heavy atom. The van der Waals surface area contributed by atoms with Gasteiger partial charge < -0.3 is 4.98 Å². The van der Waals surface area contributed by atoms with Crippen LogP contribution in [0.3, 0.4) is 0 Å². The van der Waals surface area contributed by atoms with E-state index in [1.54, 1.807) is 0 Å². The normalized spacial score (nSPS) is 11.6. The Morgan fingerprint density at radius 3 is 2.56 bits per heavy atom. The van der Waals surface area contributed by atoms with Crippen molar-refractivity contribution in [3.63, 3.8) is 0 Å². The van der Waals surface area contributed by atoms with E-state index in [1.807, 2.05) is 36.6 Å². The van der Waals surface area contributed by atoms with E-state index in [0.29, 0.717) is 17.0 Å². The fourth-order valence-corrected chi connectivity index (χ4v) is 2.83. The van der Waals surface area contributed by atoms with Crippen LogP contribution in [0.1, 0.15) is 25.6 Å². The molecule has 126 valence electrons. The van der Waals surface area contributed by atoms with Gasteiger partial charge in [-0.25, -0.2) is 13.8 Å². The number of fused-ring (bicyclic) bond motifs is 1. The summed E-state index contributed by atoms with van der Waals surface area (Å²) in [5, 5.41) is 8.37. The van der Waals surface area contributed by atoms with Crippen molar-refractivity contribution in [2.24, 2.45) is 0 Å². The smallest absolute Gasteiger partial charge is 0.160 e. The van der Waals surface area contributed by atoms with Gasteiger partial charge in [-0.05, 0) is 30.3 Å². The molecule has 25 heavy (non-hydrogen) atoms. The molecule has 5 nitrogen and oxygen atoms in total. The molecule has 1 N–H and O–H groups in total. The summed E-state index contributed by atoms with van der Waals surface area (Å²) in [5.74, 6) is -0.705. The van der Waals surface area contributed by atoms with Gasteiger partial charge in [0.1, 0.15) is 5.82 Å². The summed E-state index contributed by atoms with van der Waals surface area (Å²) < 4.78 is 28.7. The summed E-state index contributed by atoms with van der Waals surface area (Å²) >= 11 is 0. The van der Waals surface area contributed by atoms with Crippen LogP contribution in [0.5, 0.6) is 0 Å². The van der Waals surface area contributed by atoms with Crippen LogP contribution in [0.2, 0.25) is 0 Å². The van der Waals surface area contributed by atoms with Gasteiger partial charge in [0.25, 0.3) is 0 Å². The maximum Gasteiger partial charge on any atom is 0.160 e. The van der Waals surface area contributed by atoms with Gasteiger partial charge in [-0.15, -0.1) is 10.2 Å². The molecule has 4 rings (SSSR count). The molecule has 0 saturated heterocycles. The summed E-state index contributed by atoms with van der Waals surface area (Å²) in [4.78, 5) is 7.36. The maximum absolute atomic E-state index is 13.6. The number of halogens is 2. The number of aromatic amines is 1. The first-order valence-electron chi connectivity index (χ1n) is 7.88. The fraction of sp³-hybridized carbons (Fsp3) is 0.167. The molecule has 7 heteroatoms. The minimum absolute atomic E-state index is 0.218. The Kier molecular flexibility index (Phi) is 3.56. The van der Waals surface area contributed by atoms with Crippen molar-refractivity contribution in [2.45, 2.75) is 19.8 Å². The van der Waals surface area contributed by atoms with Crippen LogP contribution in [-0.2, 0) is 0 Å². The van der Waals surface area contributed by atoms with Gasteiger partial charge in [0, 0.05) is 23.2 Å². The first-order valence-corrected chi connectivity index (χ1v) is 7.88. The van der Waals surface area contributed by atoms with E-state index in [-0.39, 0.29) is 5.92 Å². The monoisotopic (exact) mass is 339 g/mol. The van der Waals surface area contributed by atoms with E-state index in [2.05, 4.69) is 20.2 Å². The number of nitrogens with one attached hydrogen (secondary N) is 1. The van der Waals surface area contributed by atoms with Crippen LogP contribution in [-0.4, -0.2) is 24.6 Å². The summed E-state index contributed by atoms with van der Waals surface area (Å²) in [5.41, 5.74) is 3.38. The molecule has 0 radical (unpaired) electrons. The van der Waals surface area contributed by atoms with Gasteiger partial charge in [-0.2, -0.15) is 0 Å². The SMILES string of the molecule is CC(C)c1nnc2ccc(-c3nc[nH]c3-c3ccc(F)c(F)c3)cn12. The van der Waals surface area contributed by atoms with Crippen molar-refractivity contribution < 1.29 is 8.78 Å². The Labute approximate surface area is 142 Å². The van der Waals surface area contributed by atoms with Crippen LogP contribution in [0.25, 0.3) is 28.2 Å².